The Kier molecular flexibility index (Phi) is 5.87. The van der Waals surface area contributed by atoms with Crippen LogP contribution in [0.4, 0.5) is 5.69 Å². The molecule has 0 aliphatic carbocycles. The average molecular weight is 430 g/mol. The Morgan fingerprint density at radius 1 is 0.871 bits per heavy atom. The molecule has 0 spiro atoms. The number of hydrogen-bond acceptors (Lipinski definition) is 5. The maximum atomic E-state index is 6.08. The van der Waals surface area contributed by atoms with Gasteiger partial charge in [-0.25, -0.2) is 4.98 Å². The van der Waals surface area contributed by atoms with Crippen molar-refractivity contribution >= 4 is 27.2 Å². The van der Waals surface area contributed by atoms with Crippen LogP contribution >= 0.6 is 11.3 Å². The molecule has 0 saturated carbocycles. The van der Waals surface area contributed by atoms with Gasteiger partial charge < -0.3 is 9.64 Å². The largest absolute Gasteiger partial charge is 0.489 e. The van der Waals surface area contributed by atoms with Crippen molar-refractivity contribution in [1.82, 2.24) is 9.88 Å². The highest BCUT2D eigenvalue weighted by Gasteiger charge is 2.17. The van der Waals surface area contributed by atoms with Crippen LogP contribution in [0.5, 0.6) is 5.75 Å². The number of hydrogen-bond donors (Lipinski definition) is 0. The van der Waals surface area contributed by atoms with Crippen LogP contribution in [0.25, 0.3) is 10.2 Å². The van der Waals surface area contributed by atoms with Crippen LogP contribution in [0, 0.1) is 6.92 Å². The summed E-state index contributed by atoms with van der Waals surface area (Å²) in [6.07, 6.45) is 0. The molecule has 0 unspecified atom stereocenters. The third-order valence-electron chi connectivity index (χ3n) is 5.76. The van der Waals surface area contributed by atoms with E-state index in [1.807, 2.05) is 19.1 Å². The first-order valence-electron chi connectivity index (χ1n) is 10.8. The van der Waals surface area contributed by atoms with Gasteiger partial charge in [-0.1, -0.05) is 42.5 Å². The van der Waals surface area contributed by atoms with Gasteiger partial charge in [0.15, 0.2) is 0 Å². The number of thiazole rings is 1. The lowest BCUT2D eigenvalue weighted by atomic mass is 10.1. The number of fused-ring (bicyclic) bond motifs is 1. The lowest BCUT2D eigenvalue weighted by molar-refractivity contribution is 0.249. The first-order chi connectivity index (χ1) is 15.2. The molecule has 0 N–H and O–H groups in total. The Morgan fingerprint density at radius 3 is 2.52 bits per heavy atom. The van der Waals surface area contributed by atoms with Gasteiger partial charge in [0.1, 0.15) is 12.4 Å². The summed E-state index contributed by atoms with van der Waals surface area (Å²) in [6, 6.07) is 25.6. The summed E-state index contributed by atoms with van der Waals surface area (Å²) in [5.74, 6) is 0.901. The number of anilines is 1. The van der Waals surface area contributed by atoms with Gasteiger partial charge >= 0.3 is 0 Å². The standard InChI is InChI=1S/C26H27N3OS/c1-20-27-25-11-10-24(17-26(25)31-20)30-19-22-7-5-6-21(16-22)18-28-12-14-29(15-13-28)23-8-3-2-4-9-23/h2-11,16-17H,12-15,18-19H2,1H3. The monoisotopic (exact) mass is 429 g/mol. The van der Waals surface area contributed by atoms with Crippen molar-refractivity contribution in [3.05, 3.63) is 88.9 Å². The Hall–Kier alpha value is -2.89. The first-order valence-corrected chi connectivity index (χ1v) is 11.6. The molecule has 158 valence electrons. The van der Waals surface area contributed by atoms with E-state index in [9.17, 15) is 0 Å². The van der Waals surface area contributed by atoms with Gasteiger partial charge in [-0.2, -0.15) is 0 Å². The highest BCUT2D eigenvalue weighted by molar-refractivity contribution is 7.18. The van der Waals surface area contributed by atoms with Gasteiger partial charge in [0.25, 0.3) is 0 Å². The predicted octanol–water partition coefficient (Wildman–Crippen LogP) is 5.51. The van der Waals surface area contributed by atoms with Crippen LogP contribution in [0.2, 0.25) is 0 Å². The fourth-order valence-corrected chi connectivity index (χ4v) is 5.01. The van der Waals surface area contributed by atoms with E-state index in [0.717, 1.165) is 49.0 Å². The van der Waals surface area contributed by atoms with Gasteiger partial charge in [0, 0.05) is 38.4 Å². The maximum Gasteiger partial charge on any atom is 0.121 e. The van der Waals surface area contributed by atoms with E-state index in [0.29, 0.717) is 6.61 Å². The number of aromatic nitrogens is 1. The van der Waals surface area contributed by atoms with Gasteiger partial charge in [0.05, 0.1) is 15.2 Å². The number of aryl methyl sites for hydroxylation is 1. The quantitative estimate of drug-likeness (QED) is 0.404. The smallest absolute Gasteiger partial charge is 0.121 e. The third kappa shape index (κ3) is 4.89. The molecular formula is C26H27N3OS. The summed E-state index contributed by atoms with van der Waals surface area (Å²) in [6.45, 7) is 7.94. The molecule has 4 nitrogen and oxygen atoms in total. The fraction of sp³-hybridized carbons (Fsp3) is 0.269. The highest BCUT2D eigenvalue weighted by Crippen LogP contribution is 2.26. The molecule has 5 rings (SSSR count). The Balaban J connectivity index is 1.16. The van der Waals surface area contributed by atoms with Gasteiger partial charge in [0.2, 0.25) is 0 Å². The number of nitrogens with zero attached hydrogens (tertiary/aromatic N) is 3. The maximum absolute atomic E-state index is 6.08. The summed E-state index contributed by atoms with van der Waals surface area (Å²) in [4.78, 5) is 9.53. The number of benzene rings is 3. The van der Waals surface area contributed by atoms with Crippen molar-refractivity contribution in [2.75, 3.05) is 31.1 Å². The minimum atomic E-state index is 0.582. The average Bonchev–Trinajstić information content (AvgIpc) is 3.18. The first kappa shape index (κ1) is 20.0. The summed E-state index contributed by atoms with van der Waals surface area (Å²) in [5, 5.41) is 1.09. The zero-order chi connectivity index (χ0) is 21.0. The van der Waals surface area contributed by atoms with Gasteiger partial charge in [-0.05, 0) is 48.4 Å². The highest BCUT2D eigenvalue weighted by atomic mass is 32.1. The molecular weight excluding hydrogens is 402 g/mol. The molecule has 0 radical (unpaired) electrons. The number of para-hydroxylation sites is 1. The molecule has 5 heteroatoms. The van der Waals surface area contributed by atoms with E-state index in [2.05, 4.69) is 75.4 Å². The van der Waals surface area contributed by atoms with Crippen LogP contribution < -0.4 is 9.64 Å². The molecule has 4 aromatic rings. The van der Waals surface area contributed by atoms with Crippen molar-refractivity contribution in [3.8, 4) is 5.75 Å². The normalized spacial score (nSPS) is 14.8. The fourth-order valence-electron chi connectivity index (χ4n) is 4.16. The summed E-state index contributed by atoms with van der Waals surface area (Å²) in [5.41, 5.74) is 4.93. The molecule has 1 aliphatic heterocycles. The summed E-state index contributed by atoms with van der Waals surface area (Å²) in [7, 11) is 0. The van der Waals surface area contributed by atoms with Crippen molar-refractivity contribution in [3.63, 3.8) is 0 Å². The van der Waals surface area contributed by atoms with Gasteiger partial charge in [-0.15, -0.1) is 11.3 Å². The predicted molar refractivity (Wildman–Crippen MR) is 129 cm³/mol. The summed E-state index contributed by atoms with van der Waals surface area (Å²) < 4.78 is 7.26. The second-order valence-corrected chi connectivity index (χ2v) is 9.30. The third-order valence-corrected chi connectivity index (χ3v) is 6.70. The minimum absolute atomic E-state index is 0.582. The van der Waals surface area contributed by atoms with Crippen molar-refractivity contribution in [2.24, 2.45) is 0 Å². The molecule has 1 aliphatic rings. The van der Waals surface area contributed by atoms with Crippen molar-refractivity contribution in [2.45, 2.75) is 20.1 Å². The molecule has 1 saturated heterocycles. The van der Waals surface area contributed by atoms with E-state index in [1.54, 1.807) is 11.3 Å². The second-order valence-electron chi connectivity index (χ2n) is 8.07. The Labute approximate surface area is 187 Å². The Bertz CT molecular complexity index is 1150. The number of rotatable bonds is 6. The second kappa shape index (κ2) is 9.08. The van der Waals surface area contributed by atoms with E-state index < -0.39 is 0 Å². The molecule has 1 aromatic heterocycles. The van der Waals surface area contributed by atoms with Crippen molar-refractivity contribution < 1.29 is 4.74 Å². The zero-order valence-corrected chi connectivity index (χ0v) is 18.6. The van der Waals surface area contributed by atoms with Crippen molar-refractivity contribution in [1.29, 1.82) is 0 Å². The minimum Gasteiger partial charge on any atom is -0.489 e. The molecule has 2 heterocycles. The van der Waals surface area contributed by atoms with E-state index in [1.165, 1.54) is 21.5 Å². The Morgan fingerprint density at radius 2 is 1.68 bits per heavy atom. The van der Waals surface area contributed by atoms with E-state index in [-0.39, 0.29) is 0 Å². The van der Waals surface area contributed by atoms with Crippen LogP contribution in [0.15, 0.2) is 72.8 Å². The molecule has 0 amide bonds. The zero-order valence-electron chi connectivity index (χ0n) is 17.8. The topological polar surface area (TPSA) is 28.6 Å². The molecule has 31 heavy (non-hydrogen) atoms. The summed E-state index contributed by atoms with van der Waals surface area (Å²) >= 11 is 1.71. The van der Waals surface area contributed by atoms with Gasteiger partial charge in [-0.3, -0.25) is 4.90 Å². The van der Waals surface area contributed by atoms with Crippen LogP contribution in [-0.2, 0) is 13.2 Å². The number of piperazine rings is 1. The number of ether oxygens (including phenoxy) is 1. The van der Waals surface area contributed by atoms with E-state index >= 15 is 0 Å². The van der Waals surface area contributed by atoms with E-state index in [4.69, 9.17) is 4.74 Å². The molecule has 1 fully saturated rings. The van der Waals surface area contributed by atoms with Crippen LogP contribution in [-0.4, -0.2) is 36.1 Å². The van der Waals surface area contributed by atoms with Crippen LogP contribution in [0.3, 0.4) is 0 Å². The lowest BCUT2D eigenvalue weighted by Gasteiger charge is -2.36. The molecule has 0 atom stereocenters. The van der Waals surface area contributed by atoms with Crippen LogP contribution in [0.1, 0.15) is 16.1 Å². The lowest BCUT2D eigenvalue weighted by Crippen LogP contribution is -2.45. The molecule has 3 aromatic carbocycles. The molecule has 0 bridgehead atoms. The SMILES string of the molecule is Cc1nc2ccc(OCc3cccc(CN4CCN(c5ccccc5)CC4)c3)cc2s1.